The zero-order chi connectivity index (χ0) is 13.7. The Labute approximate surface area is 117 Å². The first-order valence-corrected chi connectivity index (χ1v) is 7.71. The zero-order valence-corrected chi connectivity index (χ0v) is 12.5. The number of rotatable bonds is 7. The average molecular weight is 261 g/mol. The van der Waals surface area contributed by atoms with Crippen LogP contribution in [-0.2, 0) is 12.8 Å². The summed E-state index contributed by atoms with van der Waals surface area (Å²) in [5.41, 5.74) is 3.00. The van der Waals surface area contributed by atoms with Crippen molar-refractivity contribution in [3.05, 3.63) is 29.3 Å². The minimum atomic E-state index is 0.284. The number of hydrogen-bond acceptors (Lipinski definition) is 2. The molecule has 0 aromatic heterocycles. The minimum absolute atomic E-state index is 0.284. The van der Waals surface area contributed by atoms with Crippen LogP contribution < -0.4 is 10.1 Å². The lowest BCUT2D eigenvalue weighted by atomic mass is 10.1. The van der Waals surface area contributed by atoms with Crippen molar-refractivity contribution in [2.45, 2.75) is 65.0 Å². The molecule has 2 nitrogen and oxygen atoms in total. The Bertz CT molecular complexity index is 400. The van der Waals surface area contributed by atoms with Crippen LogP contribution in [0, 0.1) is 0 Å². The third-order valence-electron chi connectivity index (χ3n) is 3.74. The van der Waals surface area contributed by atoms with E-state index in [1.54, 1.807) is 0 Å². The van der Waals surface area contributed by atoms with E-state index in [0.29, 0.717) is 6.04 Å². The lowest BCUT2D eigenvalue weighted by Gasteiger charge is -2.21. The molecule has 1 aliphatic rings. The molecule has 1 atom stereocenters. The van der Waals surface area contributed by atoms with Crippen molar-refractivity contribution >= 4 is 0 Å². The topological polar surface area (TPSA) is 21.3 Å². The average Bonchev–Trinajstić information content (AvgIpc) is 2.83. The standard InChI is InChI=1S/C17H27NO/c1-4-6-17(12-18-13(2)3)19-16-10-9-14-7-5-8-15(14)11-16/h9-11,13,17-18H,4-8,12H2,1-3H3. The van der Waals surface area contributed by atoms with Crippen molar-refractivity contribution in [2.75, 3.05) is 6.54 Å². The summed E-state index contributed by atoms with van der Waals surface area (Å²) in [5, 5.41) is 3.48. The van der Waals surface area contributed by atoms with E-state index < -0.39 is 0 Å². The fourth-order valence-electron chi connectivity index (χ4n) is 2.71. The second-order valence-corrected chi connectivity index (χ2v) is 5.88. The first-order chi connectivity index (χ1) is 9.19. The Morgan fingerprint density at radius 2 is 2.00 bits per heavy atom. The van der Waals surface area contributed by atoms with Crippen molar-refractivity contribution in [1.82, 2.24) is 5.32 Å². The molecule has 2 heteroatoms. The van der Waals surface area contributed by atoms with Crippen LogP contribution in [0.4, 0.5) is 0 Å². The molecule has 0 heterocycles. The van der Waals surface area contributed by atoms with Gasteiger partial charge in [-0.25, -0.2) is 0 Å². The third kappa shape index (κ3) is 4.24. The fourth-order valence-corrected chi connectivity index (χ4v) is 2.71. The minimum Gasteiger partial charge on any atom is -0.489 e. The molecular formula is C17H27NO. The molecule has 1 aromatic carbocycles. The molecule has 1 aromatic rings. The van der Waals surface area contributed by atoms with Gasteiger partial charge >= 0.3 is 0 Å². The molecule has 106 valence electrons. The smallest absolute Gasteiger partial charge is 0.120 e. The Hall–Kier alpha value is -1.02. The molecule has 0 bridgehead atoms. The maximum absolute atomic E-state index is 6.17. The van der Waals surface area contributed by atoms with E-state index in [-0.39, 0.29) is 6.10 Å². The van der Waals surface area contributed by atoms with E-state index in [0.717, 1.165) is 25.1 Å². The number of hydrogen-bond donors (Lipinski definition) is 1. The van der Waals surface area contributed by atoms with Gasteiger partial charge in [-0.2, -0.15) is 0 Å². The van der Waals surface area contributed by atoms with Crippen molar-refractivity contribution in [2.24, 2.45) is 0 Å². The summed E-state index contributed by atoms with van der Waals surface area (Å²) >= 11 is 0. The molecule has 1 aliphatic carbocycles. The van der Waals surface area contributed by atoms with Crippen molar-refractivity contribution < 1.29 is 4.74 Å². The van der Waals surface area contributed by atoms with Gasteiger partial charge in [0.15, 0.2) is 0 Å². The third-order valence-corrected chi connectivity index (χ3v) is 3.74. The SMILES string of the molecule is CCCC(CNC(C)C)Oc1ccc2c(c1)CCC2. The van der Waals surface area contributed by atoms with Crippen molar-refractivity contribution in [3.63, 3.8) is 0 Å². The van der Waals surface area contributed by atoms with E-state index in [1.807, 2.05) is 0 Å². The molecule has 19 heavy (non-hydrogen) atoms. The molecule has 1 unspecified atom stereocenters. The second kappa shape index (κ2) is 6.95. The maximum Gasteiger partial charge on any atom is 0.120 e. The summed E-state index contributed by atoms with van der Waals surface area (Å²) < 4.78 is 6.17. The van der Waals surface area contributed by atoms with Gasteiger partial charge < -0.3 is 10.1 Å². The Morgan fingerprint density at radius 1 is 1.21 bits per heavy atom. The lowest BCUT2D eigenvalue weighted by molar-refractivity contribution is 0.183. The summed E-state index contributed by atoms with van der Waals surface area (Å²) in [5.74, 6) is 1.05. The maximum atomic E-state index is 6.17. The molecule has 2 rings (SSSR count). The quantitative estimate of drug-likeness (QED) is 0.807. The molecule has 0 fully saturated rings. The molecule has 0 aliphatic heterocycles. The molecule has 0 spiro atoms. The van der Waals surface area contributed by atoms with Gasteiger partial charge in [0.2, 0.25) is 0 Å². The summed E-state index contributed by atoms with van der Waals surface area (Å²) in [4.78, 5) is 0. The predicted octanol–water partition coefficient (Wildman–Crippen LogP) is 3.72. The van der Waals surface area contributed by atoms with E-state index in [1.165, 1.54) is 30.4 Å². The molecule has 1 N–H and O–H groups in total. The predicted molar refractivity (Wildman–Crippen MR) is 80.9 cm³/mol. The number of fused-ring (bicyclic) bond motifs is 1. The van der Waals surface area contributed by atoms with Crippen LogP contribution in [0.2, 0.25) is 0 Å². The van der Waals surface area contributed by atoms with E-state index in [9.17, 15) is 0 Å². The van der Waals surface area contributed by atoms with E-state index >= 15 is 0 Å². The highest BCUT2D eigenvalue weighted by atomic mass is 16.5. The van der Waals surface area contributed by atoms with Gasteiger partial charge in [0.25, 0.3) is 0 Å². The second-order valence-electron chi connectivity index (χ2n) is 5.88. The van der Waals surface area contributed by atoms with Crippen LogP contribution in [0.5, 0.6) is 5.75 Å². The largest absolute Gasteiger partial charge is 0.489 e. The summed E-state index contributed by atoms with van der Waals surface area (Å²) in [6.07, 6.45) is 6.31. The van der Waals surface area contributed by atoms with Crippen LogP contribution in [0.1, 0.15) is 51.2 Å². The summed E-state index contributed by atoms with van der Waals surface area (Å²) in [6.45, 7) is 7.51. The van der Waals surface area contributed by atoms with E-state index in [4.69, 9.17) is 4.74 Å². The van der Waals surface area contributed by atoms with Gasteiger partial charge in [0.1, 0.15) is 11.9 Å². The summed E-state index contributed by atoms with van der Waals surface area (Å²) in [7, 11) is 0. The Morgan fingerprint density at radius 3 is 2.74 bits per heavy atom. The molecule has 0 amide bonds. The molecular weight excluding hydrogens is 234 g/mol. The fraction of sp³-hybridized carbons (Fsp3) is 0.647. The van der Waals surface area contributed by atoms with Gasteiger partial charge in [-0.05, 0) is 48.9 Å². The molecule has 0 saturated heterocycles. The van der Waals surface area contributed by atoms with E-state index in [2.05, 4.69) is 44.3 Å². The van der Waals surface area contributed by atoms with Gasteiger partial charge in [0.05, 0.1) is 0 Å². The van der Waals surface area contributed by atoms with Crippen LogP contribution in [0.15, 0.2) is 18.2 Å². The first-order valence-electron chi connectivity index (χ1n) is 7.71. The normalized spacial score (nSPS) is 15.6. The molecule has 0 radical (unpaired) electrons. The van der Waals surface area contributed by atoms with Crippen LogP contribution in [0.25, 0.3) is 0 Å². The van der Waals surface area contributed by atoms with Crippen molar-refractivity contribution in [3.8, 4) is 5.75 Å². The Balaban J connectivity index is 1.96. The first kappa shape index (κ1) is 14.4. The Kier molecular flexibility index (Phi) is 5.26. The van der Waals surface area contributed by atoms with Crippen LogP contribution in [0.3, 0.4) is 0 Å². The van der Waals surface area contributed by atoms with Gasteiger partial charge in [-0.1, -0.05) is 33.3 Å². The molecule has 0 saturated carbocycles. The number of ether oxygens (including phenoxy) is 1. The highest BCUT2D eigenvalue weighted by molar-refractivity contribution is 5.38. The van der Waals surface area contributed by atoms with Crippen LogP contribution >= 0.6 is 0 Å². The summed E-state index contributed by atoms with van der Waals surface area (Å²) in [6, 6.07) is 7.15. The number of aryl methyl sites for hydroxylation is 2. The van der Waals surface area contributed by atoms with Crippen molar-refractivity contribution in [1.29, 1.82) is 0 Å². The zero-order valence-electron chi connectivity index (χ0n) is 12.5. The number of benzene rings is 1. The number of nitrogens with one attached hydrogen (secondary N) is 1. The van der Waals surface area contributed by atoms with Gasteiger partial charge in [-0.15, -0.1) is 0 Å². The van der Waals surface area contributed by atoms with Crippen LogP contribution in [-0.4, -0.2) is 18.7 Å². The van der Waals surface area contributed by atoms with Gasteiger partial charge in [-0.3, -0.25) is 0 Å². The van der Waals surface area contributed by atoms with Gasteiger partial charge in [0, 0.05) is 12.6 Å². The lowest BCUT2D eigenvalue weighted by Crippen LogP contribution is -2.35. The highest BCUT2D eigenvalue weighted by Gasteiger charge is 2.14. The monoisotopic (exact) mass is 261 g/mol. The highest BCUT2D eigenvalue weighted by Crippen LogP contribution is 2.26.